The predicted molar refractivity (Wildman–Crippen MR) is 75.2 cm³/mol. The summed E-state index contributed by atoms with van der Waals surface area (Å²) in [5.74, 6) is 2.70. The molecule has 0 aliphatic heterocycles. The molecule has 1 heterocycles. The Morgan fingerprint density at radius 2 is 2.22 bits per heavy atom. The van der Waals surface area contributed by atoms with Crippen LogP contribution < -0.4 is 5.73 Å². The number of hydrogen-bond donors (Lipinski definition) is 1. The fourth-order valence-electron chi connectivity index (χ4n) is 3.39. The van der Waals surface area contributed by atoms with Gasteiger partial charge in [0.05, 0.1) is 0 Å². The molecule has 1 aromatic rings. The Morgan fingerprint density at radius 1 is 1.44 bits per heavy atom. The molecule has 0 spiro atoms. The summed E-state index contributed by atoms with van der Waals surface area (Å²) < 4.78 is 2.13. The summed E-state index contributed by atoms with van der Waals surface area (Å²) in [4.78, 5) is 4.42. The molecule has 2 N–H and O–H groups in total. The molecule has 3 heteroatoms. The molecule has 2 unspecified atom stereocenters. The Kier molecular flexibility index (Phi) is 4.10. The van der Waals surface area contributed by atoms with E-state index in [2.05, 4.69) is 30.4 Å². The lowest BCUT2D eigenvalue weighted by Crippen LogP contribution is -2.34. The lowest BCUT2D eigenvalue weighted by molar-refractivity contribution is 0.115. The van der Waals surface area contributed by atoms with Gasteiger partial charge in [0.2, 0.25) is 0 Å². The van der Waals surface area contributed by atoms with Gasteiger partial charge >= 0.3 is 0 Å². The van der Waals surface area contributed by atoms with Gasteiger partial charge in [0, 0.05) is 25.9 Å². The van der Waals surface area contributed by atoms with Crippen molar-refractivity contribution in [3.05, 3.63) is 18.2 Å². The Morgan fingerprint density at radius 3 is 2.83 bits per heavy atom. The van der Waals surface area contributed by atoms with E-state index in [-0.39, 0.29) is 0 Å². The maximum absolute atomic E-state index is 5.94. The lowest BCUT2D eigenvalue weighted by Gasteiger charge is -2.40. The van der Waals surface area contributed by atoms with Crippen molar-refractivity contribution in [2.45, 2.75) is 46.0 Å². The van der Waals surface area contributed by atoms with Crippen LogP contribution >= 0.6 is 0 Å². The van der Waals surface area contributed by atoms with E-state index in [0.717, 1.165) is 24.8 Å². The second kappa shape index (κ2) is 5.43. The van der Waals surface area contributed by atoms with Crippen molar-refractivity contribution in [2.24, 2.45) is 30.0 Å². The molecule has 102 valence electrons. The van der Waals surface area contributed by atoms with E-state index in [1.807, 2.05) is 12.4 Å². The molecule has 1 fully saturated rings. The second-order valence-corrected chi connectivity index (χ2v) is 6.66. The number of nitrogens with zero attached hydrogens (tertiary/aromatic N) is 2. The minimum atomic E-state index is 0.498. The van der Waals surface area contributed by atoms with Crippen molar-refractivity contribution in [3.63, 3.8) is 0 Å². The van der Waals surface area contributed by atoms with E-state index < -0.39 is 0 Å². The van der Waals surface area contributed by atoms with Gasteiger partial charge in [-0.3, -0.25) is 0 Å². The molecule has 3 nitrogen and oxygen atoms in total. The third kappa shape index (κ3) is 3.14. The van der Waals surface area contributed by atoms with Gasteiger partial charge in [0.25, 0.3) is 0 Å². The number of hydrogen-bond acceptors (Lipinski definition) is 2. The average Bonchev–Trinajstić information content (AvgIpc) is 2.71. The van der Waals surface area contributed by atoms with E-state index in [4.69, 9.17) is 5.73 Å². The zero-order valence-electron chi connectivity index (χ0n) is 12.0. The molecular formula is C15H27N3. The van der Waals surface area contributed by atoms with Gasteiger partial charge in [-0.15, -0.1) is 0 Å². The van der Waals surface area contributed by atoms with E-state index in [1.165, 1.54) is 31.5 Å². The molecule has 0 amide bonds. The lowest BCUT2D eigenvalue weighted by atomic mass is 9.66. The van der Waals surface area contributed by atoms with E-state index in [9.17, 15) is 0 Å². The van der Waals surface area contributed by atoms with Gasteiger partial charge in [-0.2, -0.15) is 0 Å². The average molecular weight is 249 g/mol. The van der Waals surface area contributed by atoms with Crippen LogP contribution in [0.4, 0.5) is 0 Å². The van der Waals surface area contributed by atoms with E-state index >= 15 is 0 Å². The van der Waals surface area contributed by atoms with E-state index in [1.54, 1.807) is 0 Å². The molecule has 1 aliphatic carbocycles. The first-order chi connectivity index (χ1) is 8.52. The molecule has 0 bridgehead atoms. The van der Waals surface area contributed by atoms with Crippen LogP contribution in [0.1, 0.15) is 45.4 Å². The Balaban J connectivity index is 1.95. The van der Waals surface area contributed by atoms with Crippen LogP contribution in [0.3, 0.4) is 0 Å². The molecule has 1 aliphatic rings. The fraction of sp³-hybridized carbons (Fsp3) is 0.800. The van der Waals surface area contributed by atoms with Crippen molar-refractivity contribution in [3.8, 4) is 0 Å². The molecule has 0 saturated heterocycles. The third-order valence-corrected chi connectivity index (χ3v) is 4.64. The molecular weight excluding hydrogens is 222 g/mol. The highest BCUT2D eigenvalue weighted by Gasteiger charge is 2.33. The van der Waals surface area contributed by atoms with Crippen molar-refractivity contribution in [2.75, 3.05) is 6.54 Å². The summed E-state index contributed by atoms with van der Waals surface area (Å²) in [6, 6.07) is 0. The Hall–Kier alpha value is -0.830. The van der Waals surface area contributed by atoms with Crippen molar-refractivity contribution in [1.82, 2.24) is 9.55 Å². The number of imidazole rings is 1. The first-order valence-electron chi connectivity index (χ1n) is 7.18. The number of aryl methyl sites for hydroxylation is 2. The second-order valence-electron chi connectivity index (χ2n) is 6.66. The molecule has 0 radical (unpaired) electrons. The van der Waals surface area contributed by atoms with E-state index in [0.29, 0.717) is 5.41 Å². The maximum atomic E-state index is 5.94. The van der Waals surface area contributed by atoms with Crippen LogP contribution in [-0.2, 0) is 13.5 Å². The maximum Gasteiger partial charge on any atom is 0.108 e. The SMILES string of the molecule is Cn1ccnc1CCC1CC(C)(C)CCC1CN. The van der Waals surface area contributed by atoms with Crippen LogP contribution in [-0.4, -0.2) is 16.1 Å². The highest BCUT2D eigenvalue weighted by molar-refractivity contribution is 4.93. The van der Waals surface area contributed by atoms with Gasteiger partial charge in [-0.25, -0.2) is 4.98 Å². The Bertz CT molecular complexity index is 381. The summed E-state index contributed by atoms with van der Waals surface area (Å²) in [5.41, 5.74) is 6.44. The van der Waals surface area contributed by atoms with Crippen LogP contribution in [0.2, 0.25) is 0 Å². The zero-order chi connectivity index (χ0) is 13.2. The smallest absolute Gasteiger partial charge is 0.108 e. The summed E-state index contributed by atoms with van der Waals surface area (Å²) in [5, 5.41) is 0. The number of aromatic nitrogens is 2. The topological polar surface area (TPSA) is 43.8 Å². The third-order valence-electron chi connectivity index (χ3n) is 4.64. The van der Waals surface area contributed by atoms with Crippen molar-refractivity contribution in [1.29, 1.82) is 0 Å². The summed E-state index contributed by atoms with van der Waals surface area (Å²) in [7, 11) is 2.08. The standard InChI is InChI=1S/C15H27N3/c1-15(2)7-6-13(11-16)12(10-15)4-5-14-17-8-9-18(14)3/h8-9,12-13H,4-7,10-11,16H2,1-3H3. The molecule has 2 rings (SSSR count). The summed E-state index contributed by atoms with van der Waals surface area (Å²) in [6.07, 6.45) is 10.2. The minimum absolute atomic E-state index is 0.498. The molecule has 1 aromatic heterocycles. The first-order valence-corrected chi connectivity index (χ1v) is 7.18. The monoisotopic (exact) mass is 249 g/mol. The van der Waals surface area contributed by atoms with Crippen LogP contribution in [0.5, 0.6) is 0 Å². The van der Waals surface area contributed by atoms with Gasteiger partial charge in [-0.1, -0.05) is 13.8 Å². The quantitative estimate of drug-likeness (QED) is 0.891. The fourth-order valence-corrected chi connectivity index (χ4v) is 3.39. The highest BCUT2D eigenvalue weighted by atomic mass is 15.0. The first kappa shape index (κ1) is 13.6. The normalized spacial score (nSPS) is 27.3. The van der Waals surface area contributed by atoms with Crippen LogP contribution in [0.25, 0.3) is 0 Å². The highest BCUT2D eigenvalue weighted by Crippen LogP contribution is 2.43. The molecule has 0 aromatic carbocycles. The number of nitrogens with two attached hydrogens (primary N) is 1. The van der Waals surface area contributed by atoms with Gasteiger partial charge < -0.3 is 10.3 Å². The molecule has 2 atom stereocenters. The van der Waals surface area contributed by atoms with Gasteiger partial charge in [0.15, 0.2) is 0 Å². The van der Waals surface area contributed by atoms with Crippen LogP contribution in [0.15, 0.2) is 12.4 Å². The molecule has 1 saturated carbocycles. The van der Waals surface area contributed by atoms with Gasteiger partial charge in [0.1, 0.15) is 5.82 Å². The predicted octanol–water partition coefficient (Wildman–Crippen LogP) is 2.75. The largest absolute Gasteiger partial charge is 0.338 e. The van der Waals surface area contributed by atoms with Crippen molar-refractivity contribution < 1.29 is 0 Å². The summed E-state index contributed by atoms with van der Waals surface area (Å²) >= 11 is 0. The molecule has 18 heavy (non-hydrogen) atoms. The Labute approximate surface area is 111 Å². The number of rotatable bonds is 4. The van der Waals surface area contributed by atoms with Crippen LogP contribution in [0, 0.1) is 17.3 Å². The van der Waals surface area contributed by atoms with Gasteiger partial charge in [-0.05, 0) is 49.5 Å². The summed E-state index contributed by atoms with van der Waals surface area (Å²) in [6.45, 7) is 5.64. The minimum Gasteiger partial charge on any atom is -0.338 e. The van der Waals surface area contributed by atoms with Crippen molar-refractivity contribution >= 4 is 0 Å². The zero-order valence-corrected chi connectivity index (χ0v) is 12.0.